The molecule has 154 valence electrons. The monoisotopic (exact) mass is 487 g/mol. The van der Waals surface area contributed by atoms with Gasteiger partial charge in [0.1, 0.15) is 5.75 Å². The van der Waals surface area contributed by atoms with Crippen molar-refractivity contribution in [1.82, 2.24) is 5.43 Å². The number of halogens is 2. The molecule has 0 saturated carbocycles. The predicted octanol–water partition coefficient (Wildman–Crippen LogP) is 5.16. The van der Waals surface area contributed by atoms with Gasteiger partial charge in [0.05, 0.1) is 10.9 Å². The van der Waals surface area contributed by atoms with E-state index in [1.54, 1.807) is 25.1 Å². The van der Waals surface area contributed by atoms with Crippen LogP contribution >= 0.6 is 27.5 Å². The van der Waals surface area contributed by atoms with Crippen LogP contribution in [0.5, 0.6) is 5.75 Å². The van der Waals surface area contributed by atoms with E-state index in [0.717, 1.165) is 10.8 Å². The molecule has 3 rings (SSSR count). The Labute approximate surface area is 187 Å². The Morgan fingerprint density at radius 3 is 2.57 bits per heavy atom. The third kappa shape index (κ3) is 6.30. The molecule has 2 N–H and O–H groups in total. The first kappa shape index (κ1) is 21.8. The average Bonchev–Trinajstić information content (AvgIpc) is 2.71. The first-order valence-electron chi connectivity index (χ1n) is 9.09. The van der Waals surface area contributed by atoms with Gasteiger partial charge in [-0.15, -0.1) is 0 Å². The molecule has 0 bridgehead atoms. The van der Waals surface area contributed by atoms with E-state index < -0.39 is 5.91 Å². The van der Waals surface area contributed by atoms with Crippen molar-refractivity contribution in [3.8, 4) is 5.75 Å². The van der Waals surface area contributed by atoms with E-state index in [9.17, 15) is 9.59 Å². The Bertz CT molecular complexity index is 1120. The summed E-state index contributed by atoms with van der Waals surface area (Å²) in [7, 11) is 0. The SMILES string of the molecule is C/C(CC(=O)Nc1ccc2ccccc2c1)=N\NC(=O)COc1ccc(Cl)cc1Br. The summed E-state index contributed by atoms with van der Waals surface area (Å²) in [5.41, 5.74) is 3.55. The molecule has 3 aromatic carbocycles. The molecule has 2 amide bonds. The maximum atomic E-state index is 12.2. The van der Waals surface area contributed by atoms with Crippen LogP contribution in [0.4, 0.5) is 5.69 Å². The summed E-state index contributed by atoms with van der Waals surface area (Å²) in [5, 5.41) is 9.48. The molecule has 0 heterocycles. The van der Waals surface area contributed by atoms with Gasteiger partial charge in [-0.3, -0.25) is 9.59 Å². The molecule has 0 aliphatic carbocycles. The molecule has 6 nitrogen and oxygen atoms in total. The number of carbonyl (C=O) groups is 2. The number of rotatable bonds is 7. The number of fused-ring (bicyclic) bond motifs is 1. The van der Waals surface area contributed by atoms with Gasteiger partial charge in [0, 0.05) is 16.4 Å². The third-order valence-corrected chi connectivity index (χ3v) is 4.93. The van der Waals surface area contributed by atoms with E-state index in [-0.39, 0.29) is 18.9 Å². The lowest BCUT2D eigenvalue weighted by Crippen LogP contribution is -2.26. The van der Waals surface area contributed by atoms with E-state index in [1.807, 2.05) is 42.5 Å². The Kier molecular flexibility index (Phi) is 7.43. The minimum atomic E-state index is -0.439. The highest BCUT2D eigenvalue weighted by Gasteiger charge is 2.08. The molecule has 3 aromatic rings. The summed E-state index contributed by atoms with van der Waals surface area (Å²) >= 11 is 9.18. The molecule has 0 fully saturated rings. The standard InChI is InChI=1S/C22H19BrClN3O3/c1-14(26-27-22(29)13-30-20-9-7-17(24)12-19(20)23)10-21(28)25-18-8-6-15-4-2-3-5-16(15)11-18/h2-9,11-12H,10,13H2,1H3,(H,25,28)(H,27,29)/b26-14+. The van der Waals surface area contributed by atoms with Crippen LogP contribution in [0.2, 0.25) is 5.02 Å². The largest absolute Gasteiger partial charge is 0.483 e. The Morgan fingerprint density at radius 2 is 1.80 bits per heavy atom. The number of carbonyl (C=O) groups excluding carboxylic acids is 2. The summed E-state index contributed by atoms with van der Waals surface area (Å²) in [6.07, 6.45) is 0.0523. The molecule has 0 aromatic heterocycles. The van der Waals surface area contributed by atoms with Crippen molar-refractivity contribution in [3.05, 3.63) is 70.2 Å². The molecule has 0 aliphatic rings. The summed E-state index contributed by atoms with van der Waals surface area (Å²) in [5.74, 6) is -0.168. The number of ether oxygens (including phenoxy) is 1. The molecule has 0 atom stereocenters. The zero-order valence-corrected chi connectivity index (χ0v) is 18.5. The summed E-state index contributed by atoms with van der Waals surface area (Å²) in [6, 6.07) is 18.6. The number of benzene rings is 3. The van der Waals surface area contributed by atoms with Gasteiger partial charge in [-0.1, -0.05) is 41.9 Å². The van der Waals surface area contributed by atoms with Gasteiger partial charge < -0.3 is 10.1 Å². The summed E-state index contributed by atoms with van der Waals surface area (Å²) < 4.78 is 6.06. The number of amides is 2. The van der Waals surface area contributed by atoms with E-state index in [0.29, 0.717) is 26.6 Å². The minimum Gasteiger partial charge on any atom is -0.483 e. The molecule has 0 aliphatic heterocycles. The number of hydrazone groups is 1. The summed E-state index contributed by atoms with van der Waals surface area (Å²) in [6.45, 7) is 1.44. The highest BCUT2D eigenvalue weighted by molar-refractivity contribution is 9.10. The van der Waals surface area contributed by atoms with Crippen molar-refractivity contribution < 1.29 is 14.3 Å². The fourth-order valence-corrected chi connectivity index (χ4v) is 3.47. The molecular weight excluding hydrogens is 470 g/mol. The highest BCUT2D eigenvalue weighted by atomic mass is 79.9. The van der Waals surface area contributed by atoms with Gasteiger partial charge in [0.2, 0.25) is 5.91 Å². The van der Waals surface area contributed by atoms with Crippen LogP contribution < -0.4 is 15.5 Å². The van der Waals surface area contributed by atoms with Crippen LogP contribution in [0.3, 0.4) is 0 Å². The maximum Gasteiger partial charge on any atom is 0.277 e. The normalized spacial score (nSPS) is 11.2. The van der Waals surface area contributed by atoms with Crippen molar-refractivity contribution in [2.24, 2.45) is 5.10 Å². The number of hydrogen-bond acceptors (Lipinski definition) is 4. The van der Waals surface area contributed by atoms with Crippen LogP contribution in [0.15, 0.2) is 70.2 Å². The number of nitrogens with zero attached hydrogens (tertiary/aromatic N) is 1. The van der Waals surface area contributed by atoms with E-state index in [4.69, 9.17) is 16.3 Å². The zero-order valence-electron chi connectivity index (χ0n) is 16.1. The van der Waals surface area contributed by atoms with Crippen LogP contribution in [0.25, 0.3) is 10.8 Å². The molecule has 0 unspecified atom stereocenters. The molecule has 30 heavy (non-hydrogen) atoms. The van der Waals surface area contributed by atoms with Crippen molar-refractivity contribution in [3.63, 3.8) is 0 Å². The van der Waals surface area contributed by atoms with Gasteiger partial charge >= 0.3 is 0 Å². The third-order valence-electron chi connectivity index (χ3n) is 4.07. The summed E-state index contributed by atoms with van der Waals surface area (Å²) in [4.78, 5) is 24.1. The lowest BCUT2D eigenvalue weighted by atomic mass is 10.1. The van der Waals surface area contributed by atoms with Gasteiger partial charge in [-0.25, -0.2) is 5.43 Å². The average molecular weight is 489 g/mol. The van der Waals surface area contributed by atoms with Crippen LogP contribution in [0.1, 0.15) is 13.3 Å². The van der Waals surface area contributed by atoms with Crippen molar-refractivity contribution >= 4 is 61.5 Å². The first-order chi connectivity index (χ1) is 14.4. The molecule has 0 radical (unpaired) electrons. The lowest BCUT2D eigenvalue weighted by molar-refractivity contribution is -0.123. The van der Waals surface area contributed by atoms with Gasteiger partial charge in [0.25, 0.3) is 5.91 Å². The van der Waals surface area contributed by atoms with Crippen LogP contribution in [-0.4, -0.2) is 24.1 Å². The van der Waals surface area contributed by atoms with Crippen molar-refractivity contribution in [1.29, 1.82) is 0 Å². The fourth-order valence-electron chi connectivity index (χ4n) is 2.67. The van der Waals surface area contributed by atoms with Crippen molar-refractivity contribution in [2.45, 2.75) is 13.3 Å². The van der Waals surface area contributed by atoms with Crippen molar-refractivity contribution in [2.75, 3.05) is 11.9 Å². The quantitative estimate of drug-likeness (QED) is 0.356. The smallest absolute Gasteiger partial charge is 0.277 e. The molecule has 8 heteroatoms. The first-order valence-corrected chi connectivity index (χ1v) is 10.3. The molecular formula is C22H19BrClN3O3. The second-order valence-corrected chi connectivity index (χ2v) is 7.82. The van der Waals surface area contributed by atoms with Crippen LogP contribution in [-0.2, 0) is 9.59 Å². The predicted molar refractivity (Wildman–Crippen MR) is 123 cm³/mol. The van der Waals surface area contributed by atoms with Gasteiger partial charge in [-0.2, -0.15) is 5.10 Å². The number of nitrogens with one attached hydrogen (secondary N) is 2. The van der Waals surface area contributed by atoms with E-state index in [2.05, 4.69) is 31.8 Å². The topological polar surface area (TPSA) is 79.8 Å². The zero-order chi connectivity index (χ0) is 21.5. The Morgan fingerprint density at radius 1 is 1.03 bits per heavy atom. The highest BCUT2D eigenvalue weighted by Crippen LogP contribution is 2.27. The second kappa shape index (κ2) is 10.2. The second-order valence-electron chi connectivity index (χ2n) is 6.53. The maximum absolute atomic E-state index is 12.2. The Hall–Kier alpha value is -2.90. The van der Waals surface area contributed by atoms with Gasteiger partial charge in [0.15, 0.2) is 6.61 Å². The molecule has 0 saturated heterocycles. The molecule has 0 spiro atoms. The van der Waals surface area contributed by atoms with E-state index >= 15 is 0 Å². The number of hydrogen-bond donors (Lipinski definition) is 2. The van der Waals surface area contributed by atoms with Crippen LogP contribution in [0, 0.1) is 0 Å². The Balaban J connectivity index is 1.47. The number of anilines is 1. The fraction of sp³-hybridized carbons (Fsp3) is 0.136. The lowest BCUT2D eigenvalue weighted by Gasteiger charge is -2.08. The minimum absolute atomic E-state index is 0.0523. The van der Waals surface area contributed by atoms with E-state index in [1.165, 1.54) is 0 Å². The van der Waals surface area contributed by atoms with Gasteiger partial charge in [-0.05, 0) is 64.0 Å².